The van der Waals surface area contributed by atoms with Crippen LogP contribution in [-0.2, 0) is 9.53 Å². The van der Waals surface area contributed by atoms with E-state index >= 15 is 0 Å². The number of methoxy groups -OCH3 is 1. The van der Waals surface area contributed by atoms with E-state index in [2.05, 4.69) is 20.2 Å². The Balaban J connectivity index is 2.18. The molecule has 0 radical (unpaired) electrons. The van der Waals surface area contributed by atoms with E-state index < -0.39 is 0 Å². The Kier molecular flexibility index (Phi) is 5.99. The van der Waals surface area contributed by atoms with E-state index in [0.29, 0.717) is 21.9 Å². The molecule has 0 saturated carbocycles. The topological polar surface area (TPSA) is 93.2 Å². The van der Waals surface area contributed by atoms with Crippen LogP contribution in [0.15, 0.2) is 18.2 Å². The zero-order valence-electron chi connectivity index (χ0n) is 14.0. The Bertz CT molecular complexity index is 743. The molecule has 0 aliphatic rings. The zero-order valence-corrected chi connectivity index (χ0v) is 14.9. The zero-order chi connectivity index (χ0) is 17.7. The monoisotopic (exact) mass is 348 g/mol. The van der Waals surface area contributed by atoms with Gasteiger partial charge in [0.25, 0.3) is 5.91 Å². The number of aryl methyl sites for hydroxylation is 1. The molecule has 1 heterocycles. The summed E-state index contributed by atoms with van der Waals surface area (Å²) >= 11 is 1.07. The Labute approximate surface area is 144 Å². The lowest BCUT2D eigenvalue weighted by molar-refractivity contribution is -0.119. The fourth-order valence-corrected chi connectivity index (χ4v) is 2.79. The molecule has 0 atom stereocenters. The van der Waals surface area contributed by atoms with Gasteiger partial charge in [-0.1, -0.05) is 24.4 Å². The minimum atomic E-state index is -0.257. The molecule has 2 rings (SSSR count). The number of carbonyl (C=O) groups is 2. The molecule has 24 heavy (non-hydrogen) atoms. The Morgan fingerprint density at radius 1 is 1.29 bits per heavy atom. The fourth-order valence-electron chi connectivity index (χ4n) is 2.07. The van der Waals surface area contributed by atoms with Crippen molar-refractivity contribution in [3.05, 3.63) is 34.3 Å². The van der Waals surface area contributed by atoms with Gasteiger partial charge < -0.3 is 15.4 Å². The largest absolute Gasteiger partial charge is 0.375 e. The number of amides is 2. The lowest BCUT2D eigenvalue weighted by atomic mass is 10.1. The van der Waals surface area contributed by atoms with Crippen LogP contribution in [0.1, 0.15) is 40.7 Å². The fraction of sp³-hybridized carbons (Fsp3) is 0.375. The minimum Gasteiger partial charge on any atom is -0.375 e. The van der Waals surface area contributed by atoms with Crippen LogP contribution in [0.25, 0.3) is 0 Å². The Morgan fingerprint density at radius 3 is 2.71 bits per heavy atom. The third-order valence-corrected chi connectivity index (χ3v) is 4.05. The quantitative estimate of drug-likeness (QED) is 0.837. The lowest BCUT2D eigenvalue weighted by Crippen LogP contribution is -2.18. The number of anilines is 2. The average Bonchev–Trinajstić information content (AvgIpc) is 3.00. The molecule has 2 aromatic rings. The highest BCUT2D eigenvalue weighted by Gasteiger charge is 2.19. The van der Waals surface area contributed by atoms with Gasteiger partial charge in [0.2, 0.25) is 5.91 Å². The van der Waals surface area contributed by atoms with Crippen LogP contribution in [0.3, 0.4) is 0 Å². The Morgan fingerprint density at radius 2 is 2.04 bits per heavy atom. The van der Waals surface area contributed by atoms with Crippen molar-refractivity contribution in [3.63, 3.8) is 0 Å². The van der Waals surface area contributed by atoms with Crippen molar-refractivity contribution in [2.24, 2.45) is 0 Å². The first-order valence-electron chi connectivity index (χ1n) is 7.45. The summed E-state index contributed by atoms with van der Waals surface area (Å²) in [5.41, 5.74) is 2.78. The van der Waals surface area contributed by atoms with Crippen LogP contribution in [0.2, 0.25) is 0 Å². The first-order chi connectivity index (χ1) is 11.4. The van der Waals surface area contributed by atoms with Gasteiger partial charge in [-0.25, -0.2) is 0 Å². The molecular weight excluding hydrogens is 328 g/mol. The summed E-state index contributed by atoms with van der Waals surface area (Å²) in [6, 6.07) is 5.31. The predicted molar refractivity (Wildman–Crippen MR) is 93.6 cm³/mol. The van der Waals surface area contributed by atoms with Gasteiger partial charge in [0.05, 0.1) is 5.69 Å². The smallest absolute Gasteiger partial charge is 0.269 e. The van der Waals surface area contributed by atoms with E-state index in [9.17, 15) is 9.59 Å². The molecule has 0 spiro atoms. The standard InChI is InChI=1S/C16H20N4O3S/c1-9(2)14-15(24-20-19-14)16(22)18-12-7-11(6-5-10(12)3)17-13(21)8-23-4/h5-7,9H,8H2,1-4H3,(H,17,21)(H,18,22). The van der Waals surface area contributed by atoms with Gasteiger partial charge in [-0.15, -0.1) is 5.10 Å². The van der Waals surface area contributed by atoms with E-state index in [0.717, 1.165) is 17.1 Å². The van der Waals surface area contributed by atoms with E-state index in [-0.39, 0.29) is 24.3 Å². The number of ether oxygens (including phenoxy) is 1. The molecule has 0 fully saturated rings. The van der Waals surface area contributed by atoms with Gasteiger partial charge in [0.15, 0.2) is 0 Å². The number of aromatic nitrogens is 2. The van der Waals surface area contributed by atoms with Crippen LogP contribution in [0.4, 0.5) is 11.4 Å². The molecule has 128 valence electrons. The molecule has 0 bridgehead atoms. The highest BCUT2D eigenvalue weighted by atomic mass is 32.1. The van der Waals surface area contributed by atoms with Crippen molar-refractivity contribution in [1.29, 1.82) is 0 Å². The van der Waals surface area contributed by atoms with Crippen molar-refractivity contribution in [2.45, 2.75) is 26.7 Å². The Hall–Kier alpha value is -2.32. The number of carbonyl (C=O) groups excluding carboxylic acids is 2. The summed E-state index contributed by atoms with van der Waals surface area (Å²) in [7, 11) is 1.45. The molecule has 2 N–H and O–H groups in total. The summed E-state index contributed by atoms with van der Waals surface area (Å²) < 4.78 is 8.65. The minimum absolute atomic E-state index is 0.0279. The SMILES string of the molecule is COCC(=O)Nc1ccc(C)c(NC(=O)c2snnc2C(C)C)c1. The number of nitrogens with zero attached hydrogens (tertiary/aromatic N) is 2. The second-order valence-electron chi connectivity index (χ2n) is 5.61. The van der Waals surface area contributed by atoms with Gasteiger partial charge in [0.1, 0.15) is 11.5 Å². The van der Waals surface area contributed by atoms with E-state index in [4.69, 9.17) is 4.74 Å². The molecular formula is C16H20N4O3S. The maximum absolute atomic E-state index is 12.5. The first-order valence-corrected chi connectivity index (χ1v) is 8.22. The van der Waals surface area contributed by atoms with Crippen LogP contribution < -0.4 is 10.6 Å². The summed E-state index contributed by atoms with van der Waals surface area (Å²) in [5, 5.41) is 9.59. The van der Waals surface area contributed by atoms with Crippen molar-refractivity contribution < 1.29 is 14.3 Å². The number of nitrogens with one attached hydrogen (secondary N) is 2. The highest BCUT2D eigenvalue weighted by molar-refractivity contribution is 7.08. The summed E-state index contributed by atoms with van der Waals surface area (Å²) in [4.78, 5) is 24.6. The van der Waals surface area contributed by atoms with Crippen LogP contribution in [0, 0.1) is 6.92 Å². The van der Waals surface area contributed by atoms with Crippen LogP contribution in [0.5, 0.6) is 0 Å². The van der Waals surface area contributed by atoms with Gasteiger partial charge in [-0.3, -0.25) is 9.59 Å². The lowest BCUT2D eigenvalue weighted by Gasteiger charge is -2.11. The van der Waals surface area contributed by atoms with Crippen molar-refractivity contribution in [1.82, 2.24) is 9.59 Å². The maximum atomic E-state index is 12.5. The van der Waals surface area contributed by atoms with E-state index in [1.54, 1.807) is 12.1 Å². The number of benzene rings is 1. The molecule has 0 aliphatic carbocycles. The number of hydrogen-bond acceptors (Lipinski definition) is 6. The van der Waals surface area contributed by atoms with E-state index in [1.807, 2.05) is 26.8 Å². The molecule has 7 nitrogen and oxygen atoms in total. The van der Waals surface area contributed by atoms with Crippen molar-refractivity contribution >= 4 is 34.7 Å². The molecule has 0 aliphatic heterocycles. The second-order valence-corrected chi connectivity index (χ2v) is 6.36. The molecule has 1 aromatic heterocycles. The van der Waals surface area contributed by atoms with Gasteiger partial charge in [0, 0.05) is 18.5 Å². The predicted octanol–water partition coefficient (Wildman–Crippen LogP) is 2.81. The van der Waals surface area contributed by atoms with Crippen molar-refractivity contribution in [3.8, 4) is 0 Å². The summed E-state index contributed by atoms with van der Waals surface area (Å²) in [6.45, 7) is 5.78. The third-order valence-electron chi connectivity index (χ3n) is 3.31. The molecule has 2 amide bonds. The second kappa shape index (κ2) is 7.98. The highest BCUT2D eigenvalue weighted by Crippen LogP contribution is 2.24. The third kappa shape index (κ3) is 4.36. The summed E-state index contributed by atoms with van der Waals surface area (Å²) in [6.07, 6.45) is 0. The van der Waals surface area contributed by atoms with Gasteiger partial charge >= 0.3 is 0 Å². The van der Waals surface area contributed by atoms with Gasteiger partial charge in [-0.2, -0.15) is 0 Å². The average molecular weight is 348 g/mol. The van der Waals surface area contributed by atoms with E-state index in [1.165, 1.54) is 7.11 Å². The van der Waals surface area contributed by atoms with Crippen LogP contribution in [-0.4, -0.2) is 35.1 Å². The first kappa shape index (κ1) is 18.0. The molecule has 8 heteroatoms. The number of hydrogen-bond donors (Lipinski definition) is 2. The number of rotatable bonds is 6. The van der Waals surface area contributed by atoms with Gasteiger partial charge in [-0.05, 0) is 42.1 Å². The normalized spacial score (nSPS) is 10.7. The molecule has 0 saturated heterocycles. The maximum Gasteiger partial charge on any atom is 0.269 e. The van der Waals surface area contributed by atoms with Crippen LogP contribution >= 0.6 is 11.5 Å². The summed E-state index contributed by atoms with van der Waals surface area (Å²) in [5.74, 6) is -0.394. The molecule has 1 aromatic carbocycles. The van der Waals surface area contributed by atoms with Crippen molar-refractivity contribution in [2.75, 3.05) is 24.4 Å². The molecule has 0 unspecified atom stereocenters.